The van der Waals surface area contributed by atoms with E-state index in [0.29, 0.717) is 31.5 Å². The third-order valence-electron chi connectivity index (χ3n) is 6.11. The molecular weight excluding hydrogens is 972 g/mol. The summed E-state index contributed by atoms with van der Waals surface area (Å²) in [5, 5.41) is 11.4. The van der Waals surface area contributed by atoms with E-state index in [4.69, 9.17) is 37.1 Å². The number of fused-ring (bicyclic) bond motifs is 1. The molecule has 0 aliphatic heterocycles. The summed E-state index contributed by atoms with van der Waals surface area (Å²) in [5.41, 5.74) is 6.17. The molecule has 3 rings (SSSR count). The van der Waals surface area contributed by atoms with E-state index in [0.717, 1.165) is 4.90 Å². The van der Waals surface area contributed by atoms with Crippen LogP contribution in [0.4, 0.5) is 29.7 Å². The normalized spacial score (nSPS) is 10.5. The van der Waals surface area contributed by atoms with Gasteiger partial charge in [-0.3, -0.25) is 4.79 Å². The summed E-state index contributed by atoms with van der Waals surface area (Å²) in [6.07, 6.45) is -1.07. The molecule has 59 heavy (non-hydrogen) atoms. The predicted octanol–water partition coefficient (Wildman–Crippen LogP) is 7.35. The summed E-state index contributed by atoms with van der Waals surface area (Å²) in [7, 11) is -2.88. The number of hydrogen-bond acceptors (Lipinski definition) is 12. The number of halogens is 4. The Hall–Kier alpha value is -2.02. The minimum atomic E-state index is -2.95. The average Bonchev–Trinajstić information content (AvgIpc) is 3.41. The quantitative estimate of drug-likeness (QED) is 0.156. The molecule has 4 N–H and O–H groups in total. The molecule has 0 saturated heterocycles. The van der Waals surface area contributed by atoms with Gasteiger partial charge in [-0.1, -0.05) is 39.3 Å². The van der Waals surface area contributed by atoms with Crippen molar-refractivity contribution < 1.29 is 54.6 Å². The van der Waals surface area contributed by atoms with Gasteiger partial charge in [-0.25, -0.2) is 23.4 Å². The zero-order chi connectivity index (χ0) is 46.0. The van der Waals surface area contributed by atoms with Crippen molar-refractivity contribution >= 4 is 135 Å². The van der Waals surface area contributed by atoms with E-state index in [1.54, 1.807) is 33.9 Å². The van der Waals surface area contributed by atoms with Crippen molar-refractivity contribution in [1.82, 2.24) is 19.4 Å². The van der Waals surface area contributed by atoms with Gasteiger partial charge < -0.3 is 40.0 Å². The van der Waals surface area contributed by atoms with Crippen LogP contribution < -0.4 is 11.1 Å². The maximum atomic E-state index is 14.2. The molecule has 2 amide bonds. The Morgan fingerprint density at radius 1 is 0.864 bits per heavy atom. The molecule has 1 aromatic heterocycles. The Bertz CT molecular complexity index is 2070. The molecule has 0 fully saturated rings. The summed E-state index contributed by atoms with van der Waals surface area (Å²) in [6.45, 7) is 18.4. The second kappa shape index (κ2) is 28.6. The van der Waals surface area contributed by atoms with Crippen LogP contribution in [0, 0.1) is 11.6 Å². The first-order valence-corrected chi connectivity index (χ1v) is 29.8. The number of carboxylic acid groups (broad SMARTS) is 1. The van der Waals surface area contributed by atoms with E-state index in [1.807, 2.05) is 59.1 Å². The van der Waals surface area contributed by atoms with Crippen LogP contribution in [0.1, 0.15) is 88.5 Å². The van der Waals surface area contributed by atoms with Gasteiger partial charge in [-0.15, -0.1) is 0 Å². The number of carbonyl (C=O) groups excluding carboxylic acids is 2. The van der Waals surface area contributed by atoms with Crippen molar-refractivity contribution in [2.24, 2.45) is 0 Å². The number of nitrogen functional groups attached to an aromatic ring is 1. The molecule has 0 spiro atoms. The van der Waals surface area contributed by atoms with Crippen LogP contribution in [-0.2, 0) is 39.3 Å². The number of carbonyl (C=O) groups is 3. The fourth-order valence-electron chi connectivity index (χ4n) is 4.10. The first-order valence-electron chi connectivity index (χ1n) is 17.5. The summed E-state index contributed by atoms with van der Waals surface area (Å²) >= 11 is 9.41. The van der Waals surface area contributed by atoms with Crippen LogP contribution in [0.3, 0.4) is 0 Å². The molecule has 0 saturated carbocycles. The number of nitrogens with two attached hydrogens (primary N) is 1. The number of aromatic nitrogens is 2. The number of ether oxygens (including phenoxy) is 2. The van der Waals surface area contributed by atoms with E-state index in [9.17, 15) is 23.2 Å². The average molecular weight is 1030 g/mol. The van der Waals surface area contributed by atoms with Gasteiger partial charge in [0.25, 0.3) is 0 Å². The summed E-state index contributed by atoms with van der Waals surface area (Å²) in [4.78, 5) is 40.4. The van der Waals surface area contributed by atoms with Crippen molar-refractivity contribution in [3.05, 3.63) is 50.7 Å². The first kappa shape index (κ1) is 61.3. The van der Waals surface area contributed by atoms with Crippen molar-refractivity contribution in [1.29, 1.82) is 0 Å². The van der Waals surface area contributed by atoms with Gasteiger partial charge in [0, 0.05) is 35.1 Å². The maximum absolute atomic E-state index is 14.2. The molecule has 1 heterocycles. The molecule has 2 aromatic carbocycles. The molecule has 3 aromatic rings. The van der Waals surface area contributed by atoms with Crippen molar-refractivity contribution in [2.75, 3.05) is 31.7 Å². The molecule has 0 aliphatic rings. The van der Waals surface area contributed by atoms with Crippen LogP contribution in [0.15, 0.2) is 33.2 Å². The summed E-state index contributed by atoms with van der Waals surface area (Å²) in [6, 6.07) is 6.64. The standard InChI is InChI=1S/C17H23BrFN3O2.C9H12BrFN2.C8H15NO4.CH4.2Na.O4S2/c1-10(2)22-13-8-11(18)7-12(19)15(13)20-14(22)9-21(6)16(23)24-17(3,4)5;1-5(2)13-8-4-6(10)3-7(11)9(8)12;1-8(2,3)13-7(12)9(4)5-6(10)11;;;;1-5(2)6(3)4/h7-8,10H,9H2,1-6H3;3-5,13H,12H2,1-2H3;5H2,1-4H3,(H,10,11);1H4;;;. The number of anilines is 2. The van der Waals surface area contributed by atoms with Gasteiger partial charge in [-0.2, -0.15) is 16.8 Å². The van der Waals surface area contributed by atoms with Crippen LogP contribution in [0.2, 0.25) is 0 Å². The van der Waals surface area contributed by atoms with Crippen molar-refractivity contribution in [3.8, 4) is 0 Å². The Morgan fingerprint density at radius 3 is 1.68 bits per heavy atom. The number of nitrogens with one attached hydrogen (secondary N) is 1. The van der Waals surface area contributed by atoms with E-state index in [1.165, 1.54) is 67.7 Å². The first-order chi connectivity index (χ1) is 26.4. The molecule has 24 heteroatoms. The Balaban J connectivity index is -0.000000767. The molecule has 16 nitrogen and oxygen atoms in total. The number of hydrogen-bond donors (Lipinski definition) is 3. The van der Waals surface area contributed by atoms with Gasteiger partial charge in [0.05, 0.1) is 23.4 Å². The summed E-state index contributed by atoms with van der Waals surface area (Å²) in [5.74, 6) is -1.24. The fraction of sp³-hybridized carbons (Fsp3) is 0.543. The number of likely N-dealkylation sites (N-methyl/N-ethyl adjacent to an activating group) is 1. The number of aliphatic carboxylic acids is 1. The van der Waals surface area contributed by atoms with Gasteiger partial charge in [-0.05, 0) is 93.5 Å². The summed E-state index contributed by atoms with van der Waals surface area (Å²) < 4.78 is 77.2. The third kappa shape index (κ3) is 25.5. The Labute approximate surface area is 393 Å². The number of benzene rings is 2. The van der Waals surface area contributed by atoms with Gasteiger partial charge in [0.15, 0.2) is 5.82 Å². The second-order valence-electron chi connectivity index (χ2n) is 14.4. The number of amides is 2. The van der Waals surface area contributed by atoms with Crippen molar-refractivity contribution in [2.45, 2.75) is 106 Å². The van der Waals surface area contributed by atoms with Crippen LogP contribution >= 0.6 is 31.9 Å². The Kier molecular flexibility index (Phi) is 29.7. The number of imidazole rings is 1. The number of rotatable bonds is 7. The van der Waals surface area contributed by atoms with E-state index in [-0.39, 0.29) is 44.1 Å². The Morgan fingerprint density at radius 2 is 1.29 bits per heavy atom. The third-order valence-corrected chi connectivity index (χ3v) is 7.92. The molecular formula is C35H54Br2F2N6Na2O10S2. The molecule has 0 bridgehead atoms. The van der Waals surface area contributed by atoms with E-state index < -0.39 is 53.7 Å². The van der Waals surface area contributed by atoms with E-state index >= 15 is 0 Å². The topological polar surface area (TPSA) is 221 Å². The predicted molar refractivity (Wildman–Crippen MR) is 235 cm³/mol. The second-order valence-corrected chi connectivity index (χ2v) is 18.7. The molecule has 0 radical (unpaired) electrons. The molecule has 326 valence electrons. The monoisotopic (exact) mass is 1020 g/mol. The zero-order valence-electron chi connectivity index (χ0n) is 35.2. The minimum absolute atomic E-state index is 0. The number of carboxylic acids is 1. The zero-order valence-corrected chi connectivity index (χ0v) is 44.0. The fourth-order valence-corrected chi connectivity index (χ4v) is 4.94. The van der Waals surface area contributed by atoms with E-state index in [2.05, 4.69) is 42.2 Å². The van der Waals surface area contributed by atoms with Crippen LogP contribution in [-0.4, -0.2) is 141 Å². The van der Waals surface area contributed by atoms with Crippen molar-refractivity contribution in [3.63, 3.8) is 0 Å². The molecule has 0 unspecified atom stereocenters. The van der Waals surface area contributed by atoms with Gasteiger partial charge in [0.2, 0.25) is 0 Å². The van der Waals surface area contributed by atoms with Gasteiger partial charge in [0.1, 0.15) is 34.9 Å². The van der Waals surface area contributed by atoms with Gasteiger partial charge >= 0.3 is 80.3 Å². The molecule has 0 atom stereocenters. The molecule has 0 aliphatic carbocycles. The number of nitrogens with zero attached hydrogens (tertiary/aromatic N) is 4. The SMILES string of the molecule is C.CC(C)Nc1cc(Br)cc(F)c1N.CC(C)n1c(CN(C)C(=O)OC(C)(C)C)nc2c(F)cc(Br)cc21.CN(CC(=O)O)C(=O)OC(C)(C)C.O=S(=O)=S(=O)=O.[Na][Na]. The van der Waals surface area contributed by atoms with Crippen LogP contribution in [0.25, 0.3) is 11.0 Å². The van der Waals surface area contributed by atoms with Crippen LogP contribution in [0.5, 0.6) is 0 Å².